The van der Waals surface area contributed by atoms with E-state index in [2.05, 4.69) is 26.7 Å². The van der Waals surface area contributed by atoms with Crippen molar-refractivity contribution in [1.82, 2.24) is 15.3 Å². The lowest BCUT2D eigenvalue weighted by Crippen LogP contribution is -2.21. The fourth-order valence-corrected chi connectivity index (χ4v) is 2.43. The molecule has 3 rings (SSSR count). The van der Waals surface area contributed by atoms with Gasteiger partial charge in [0.05, 0.1) is 16.0 Å². The molecule has 0 saturated heterocycles. The highest BCUT2D eigenvalue weighted by molar-refractivity contribution is 5.79. The molecule has 21 heavy (non-hydrogen) atoms. The molecule has 0 saturated carbocycles. The largest absolute Gasteiger partial charge is 0.355 e. The lowest BCUT2D eigenvalue weighted by molar-refractivity contribution is -0.384. The molecule has 0 amide bonds. The fraction of sp³-hybridized carbons (Fsp3) is 0.357. The van der Waals surface area contributed by atoms with E-state index in [4.69, 9.17) is 0 Å². The number of non-ortho nitro benzene ring substituents is 1. The standard InChI is InChI=1S/C14H17N5O2/c20-19(21)11-1-2-12-13(9-11)18-14(17-12)16-8-5-10-3-6-15-7-4-10/h1-3,9,15H,4-8H2,(H2,16,17,18). The molecular formula is C14H17N5O2. The molecule has 0 atom stereocenters. The molecule has 1 aromatic heterocycles. The summed E-state index contributed by atoms with van der Waals surface area (Å²) in [6.07, 6.45) is 4.31. The SMILES string of the molecule is O=[N+]([O-])c1ccc2nc(NCCC3=CCNCC3)[nH]c2c1. The van der Waals surface area contributed by atoms with Crippen LogP contribution in [0, 0.1) is 10.1 Å². The van der Waals surface area contributed by atoms with Crippen LogP contribution in [0.4, 0.5) is 11.6 Å². The van der Waals surface area contributed by atoms with Crippen LogP contribution in [0.25, 0.3) is 11.0 Å². The van der Waals surface area contributed by atoms with Gasteiger partial charge in [0.1, 0.15) is 0 Å². The summed E-state index contributed by atoms with van der Waals surface area (Å²) in [5.41, 5.74) is 2.92. The van der Waals surface area contributed by atoms with Gasteiger partial charge >= 0.3 is 0 Å². The summed E-state index contributed by atoms with van der Waals surface area (Å²) >= 11 is 0. The second kappa shape index (κ2) is 5.92. The van der Waals surface area contributed by atoms with Crippen LogP contribution in [0.3, 0.4) is 0 Å². The van der Waals surface area contributed by atoms with E-state index in [1.54, 1.807) is 6.07 Å². The predicted molar refractivity (Wildman–Crippen MR) is 81.4 cm³/mol. The van der Waals surface area contributed by atoms with Crippen LogP contribution in [0.1, 0.15) is 12.8 Å². The number of nitrogens with zero attached hydrogens (tertiary/aromatic N) is 2. The molecule has 0 radical (unpaired) electrons. The van der Waals surface area contributed by atoms with Crippen LogP contribution in [-0.4, -0.2) is 34.5 Å². The summed E-state index contributed by atoms with van der Waals surface area (Å²) < 4.78 is 0. The number of fused-ring (bicyclic) bond motifs is 1. The van der Waals surface area contributed by atoms with E-state index in [0.717, 1.165) is 38.0 Å². The van der Waals surface area contributed by atoms with Crippen molar-refractivity contribution in [2.24, 2.45) is 0 Å². The Morgan fingerprint density at radius 2 is 2.33 bits per heavy atom. The molecule has 0 fully saturated rings. The summed E-state index contributed by atoms with van der Waals surface area (Å²) in [7, 11) is 0. The number of nitrogens with one attached hydrogen (secondary N) is 3. The van der Waals surface area contributed by atoms with Gasteiger partial charge in [-0.1, -0.05) is 11.6 Å². The van der Waals surface area contributed by atoms with Crippen molar-refractivity contribution in [2.75, 3.05) is 25.0 Å². The molecule has 7 heteroatoms. The molecule has 2 heterocycles. The zero-order valence-electron chi connectivity index (χ0n) is 11.6. The minimum absolute atomic E-state index is 0.0672. The average molecular weight is 287 g/mol. The van der Waals surface area contributed by atoms with E-state index in [1.165, 1.54) is 17.7 Å². The van der Waals surface area contributed by atoms with Crippen molar-refractivity contribution in [3.05, 3.63) is 40.0 Å². The first-order valence-electron chi connectivity index (χ1n) is 6.99. The molecule has 110 valence electrons. The fourth-order valence-electron chi connectivity index (χ4n) is 2.43. The van der Waals surface area contributed by atoms with Crippen molar-refractivity contribution in [3.63, 3.8) is 0 Å². The van der Waals surface area contributed by atoms with Gasteiger partial charge in [-0.05, 0) is 25.5 Å². The van der Waals surface area contributed by atoms with Crippen molar-refractivity contribution >= 4 is 22.7 Å². The Balaban J connectivity index is 1.64. The van der Waals surface area contributed by atoms with Crippen LogP contribution in [0.2, 0.25) is 0 Å². The highest BCUT2D eigenvalue weighted by Crippen LogP contribution is 2.20. The molecule has 0 bridgehead atoms. The second-order valence-electron chi connectivity index (χ2n) is 5.04. The molecule has 0 unspecified atom stereocenters. The molecule has 0 spiro atoms. The number of aromatic amines is 1. The maximum atomic E-state index is 10.7. The quantitative estimate of drug-likeness (QED) is 0.445. The van der Waals surface area contributed by atoms with Gasteiger partial charge in [0, 0.05) is 25.2 Å². The summed E-state index contributed by atoms with van der Waals surface area (Å²) in [5.74, 6) is 0.653. The van der Waals surface area contributed by atoms with Crippen molar-refractivity contribution in [3.8, 4) is 0 Å². The summed E-state index contributed by atoms with van der Waals surface area (Å²) in [5, 5.41) is 17.3. The Bertz CT molecular complexity index is 692. The minimum atomic E-state index is -0.406. The van der Waals surface area contributed by atoms with Gasteiger partial charge in [-0.25, -0.2) is 4.98 Å². The predicted octanol–water partition coefficient (Wildman–Crippen LogP) is 2.19. The van der Waals surface area contributed by atoms with E-state index in [9.17, 15) is 10.1 Å². The van der Waals surface area contributed by atoms with Gasteiger partial charge in [-0.3, -0.25) is 10.1 Å². The first kappa shape index (κ1) is 13.6. The number of imidazole rings is 1. The minimum Gasteiger partial charge on any atom is -0.355 e. The number of anilines is 1. The lowest BCUT2D eigenvalue weighted by atomic mass is 10.1. The number of rotatable bonds is 5. The van der Waals surface area contributed by atoms with E-state index in [0.29, 0.717) is 11.5 Å². The van der Waals surface area contributed by atoms with Crippen molar-refractivity contribution in [2.45, 2.75) is 12.8 Å². The maximum Gasteiger partial charge on any atom is 0.271 e. The third kappa shape index (κ3) is 3.19. The first-order valence-corrected chi connectivity index (χ1v) is 6.99. The van der Waals surface area contributed by atoms with Crippen molar-refractivity contribution in [1.29, 1.82) is 0 Å². The summed E-state index contributed by atoms with van der Waals surface area (Å²) in [4.78, 5) is 17.8. The molecule has 2 aromatic rings. The third-order valence-corrected chi connectivity index (χ3v) is 3.57. The Hall–Kier alpha value is -2.41. The maximum absolute atomic E-state index is 10.7. The number of nitro groups is 1. The number of hydrogen-bond donors (Lipinski definition) is 3. The molecular weight excluding hydrogens is 270 g/mol. The molecule has 0 aliphatic carbocycles. The molecule has 1 aromatic carbocycles. The smallest absolute Gasteiger partial charge is 0.271 e. The third-order valence-electron chi connectivity index (χ3n) is 3.57. The van der Waals surface area contributed by atoms with E-state index in [-0.39, 0.29) is 5.69 Å². The van der Waals surface area contributed by atoms with E-state index >= 15 is 0 Å². The highest BCUT2D eigenvalue weighted by Gasteiger charge is 2.09. The van der Waals surface area contributed by atoms with Gasteiger partial charge in [0.2, 0.25) is 5.95 Å². The highest BCUT2D eigenvalue weighted by atomic mass is 16.6. The van der Waals surface area contributed by atoms with Crippen LogP contribution in [-0.2, 0) is 0 Å². The molecule has 1 aliphatic rings. The van der Waals surface area contributed by atoms with Crippen LogP contribution >= 0.6 is 0 Å². The second-order valence-corrected chi connectivity index (χ2v) is 5.04. The van der Waals surface area contributed by atoms with E-state index < -0.39 is 4.92 Å². The van der Waals surface area contributed by atoms with Gasteiger partial charge in [0.25, 0.3) is 5.69 Å². The summed E-state index contributed by atoms with van der Waals surface area (Å²) in [6, 6.07) is 4.63. The Morgan fingerprint density at radius 1 is 1.43 bits per heavy atom. The van der Waals surface area contributed by atoms with Crippen LogP contribution in [0.5, 0.6) is 0 Å². The van der Waals surface area contributed by atoms with Gasteiger partial charge in [0.15, 0.2) is 0 Å². The van der Waals surface area contributed by atoms with E-state index in [1.807, 2.05) is 0 Å². The zero-order valence-corrected chi connectivity index (χ0v) is 11.6. The Kier molecular flexibility index (Phi) is 3.83. The zero-order chi connectivity index (χ0) is 14.7. The molecule has 3 N–H and O–H groups in total. The van der Waals surface area contributed by atoms with Crippen LogP contribution in [0.15, 0.2) is 29.8 Å². The first-order chi connectivity index (χ1) is 10.2. The average Bonchev–Trinajstić information content (AvgIpc) is 2.90. The molecule has 1 aliphatic heterocycles. The van der Waals surface area contributed by atoms with Crippen molar-refractivity contribution < 1.29 is 4.92 Å². The summed E-state index contributed by atoms with van der Waals surface area (Å²) in [6.45, 7) is 2.79. The monoisotopic (exact) mass is 287 g/mol. The lowest BCUT2D eigenvalue weighted by Gasteiger charge is -2.13. The number of benzene rings is 1. The van der Waals surface area contributed by atoms with Gasteiger partial charge in [-0.2, -0.15) is 0 Å². The topological polar surface area (TPSA) is 95.9 Å². The Labute approximate surface area is 121 Å². The number of nitro benzene ring substituents is 1. The number of aromatic nitrogens is 2. The normalized spacial score (nSPS) is 15.0. The number of H-pyrrole nitrogens is 1. The number of hydrogen-bond acceptors (Lipinski definition) is 5. The van der Waals surface area contributed by atoms with Gasteiger partial charge in [-0.15, -0.1) is 0 Å². The van der Waals surface area contributed by atoms with Crippen LogP contribution < -0.4 is 10.6 Å². The Morgan fingerprint density at radius 3 is 3.10 bits per heavy atom. The van der Waals surface area contributed by atoms with Gasteiger partial charge < -0.3 is 15.6 Å². The molecule has 7 nitrogen and oxygen atoms in total.